The van der Waals surface area contributed by atoms with Crippen molar-refractivity contribution in [3.8, 4) is 0 Å². The Bertz CT molecular complexity index is 1400. The van der Waals surface area contributed by atoms with E-state index < -0.39 is 60.6 Å². The Morgan fingerprint density at radius 3 is 2.43 bits per heavy atom. The Kier molecular flexibility index (Phi) is 10.7. The predicted molar refractivity (Wildman–Crippen MR) is 167 cm³/mol. The summed E-state index contributed by atoms with van der Waals surface area (Å²) < 4.78 is 43.4. The van der Waals surface area contributed by atoms with Gasteiger partial charge in [-0.05, 0) is 60.4 Å². The largest absolute Gasteiger partial charge is 0.404 e. The second kappa shape index (κ2) is 14.7. The highest BCUT2D eigenvalue weighted by Crippen LogP contribution is 2.45. The maximum Gasteiger partial charge on any atom is 0.404 e. The normalized spacial score (nSPS) is 23.4. The number of benzene rings is 2. The molecule has 0 unspecified atom stereocenters. The molecular weight excluding hydrogens is 599 g/mol. The van der Waals surface area contributed by atoms with E-state index in [4.69, 9.17) is 5.73 Å². The van der Waals surface area contributed by atoms with Crippen molar-refractivity contribution in [1.82, 2.24) is 20.4 Å². The molecule has 5 rings (SSSR count). The molecule has 2 aromatic carbocycles. The van der Waals surface area contributed by atoms with E-state index in [2.05, 4.69) is 10.6 Å². The van der Waals surface area contributed by atoms with Gasteiger partial charge in [0.05, 0.1) is 25.1 Å². The molecule has 1 aliphatic carbocycles. The van der Waals surface area contributed by atoms with E-state index in [1.807, 2.05) is 30.3 Å². The summed E-state index contributed by atoms with van der Waals surface area (Å²) in [4.78, 5) is 41.5. The zero-order chi connectivity index (χ0) is 32.8. The van der Waals surface area contributed by atoms with E-state index >= 15 is 0 Å². The van der Waals surface area contributed by atoms with Gasteiger partial charge in [0.1, 0.15) is 12.1 Å². The lowest BCUT2D eigenvalue weighted by atomic mass is 9.70. The number of urea groups is 1. The fourth-order valence-electron chi connectivity index (χ4n) is 7.24. The van der Waals surface area contributed by atoms with Crippen LogP contribution in [0.25, 0.3) is 6.08 Å². The Balaban J connectivity index is 1.32. The highest BCUT2D eigenvalue weighted by molar-refractivity contribution is 5.92. The van der Waals surface area contributed by atoms with Crippen LogP contribution in [0.15, 0.2) is 60.8 Å². The molecule has 1 saturated carbocycles. The van der Waals surface area contributed by atoms with Crippen LogP contribution in [-0.2, 0) is 22.6 Å². The number of nitrogens with zero attached hydrogens (tertiary/aromatic N) is 2. The molecule has 2 aliphatic heterocycles. The minimum atomic E-state index is -4.46. The minimum absolute atomic E-state index is 0.00924. The van der Waals surface area contributed by atoms with Crippen molar-refractivity contribution < 1.29 is 32.7 Å². The van der Waals surface area contributed by atoms with Gasteiger partial charge >= 0.3 is 12.2 Å². The summed E-state index contributed by atoms with van der Waals surface area (Å²) in [6, 6.07) is 11.8. The Morgan fingerprint density at radius 2 is 1.70 bits per heavy atom. The predicted octanol–water partition coefficient (Wildman–Crippen LogP) is 3.96. The summed E-state index contributed by atoms with van der Waals surface area (Å²) in [6.45, 7) is 0.147. The van der Waals surface area contributed by atoms with Crippen molar-refractivity contribution in [3.05, 3.63) is 77.5 Å². The first-order valence-electron chi connectivity index (χ1n) is 15.9. The summed E-state index contributed by atoms with van der Waals surface area (Å²) in [5, 5.41) is 16.8. The topological polar surface area (TPSA) is 128 Å². The van der Waals surface area contributed by atoms with Crippen LogP contribution in [-0.4, -0.2) is 76.2 Å². The fourth-order valence-corrected chi connectivity index (χ4v) is 7.24. The van der Waals surface area contributed by atoms with Gasteiger partial charge < -0.3 is 21.5 Å². The monoisotopic (exact) mass is 641 g/mol. The number of nitrogens with one attached hydrogen (secondary N) is 2. The molecule has 248 valence electrons. The maximum atomic E-state index is 14.5. The zero-order valence-corrected chi connectivity index (χ0v) is 25.7. The Labute approximate surface area is 267 Å². The molecule has 3 aliphatic rings. The Morgan fingerprint density at radius 1 is 0.978 bits per heavy atom. The van der Waals surface area contributed by atoms with Gasteiger partial charge in [-0.2, -0.15) is 13.2 Å². The molecule has 0 aromatic heterocycles. The third kappa shape index (κ3) is 8.27. The lowest BCUT2D eigenvalue weighted by molar-refractivity contribution is -0.219. The van der Waals surface area contributed by atoms with E-state index in [1.165, 1.54) is 9.80 Å². The first-order valence-corrected chi connectivity index (χ1v) is 15.9. The van der Waals surface area contributed by atoms with Crippen molar-refractivity contribution in [2.45, 2.75) is 81.9 Å². The number of aliphatic hydroxyl groups excluding tert-OH is 1. The first-order chi connectivity index (χ1) is 22.0. The number of hydrogen-bond acceptors (Lipinski definition) is 5. The zero-order valence-electron chi connectivity index (χ0n) is 25.7. The van der Waals surface area contributed by atoms with Crippen molar-refractivity contribution in [1.29, 1.82) is 0 Å². The van der Waals surface area contributed by atoms with Crippen molar-refractivity contribution in [2.75, 3.05) is 13.1 Å². The molecule has 0 bridgehead atoms. The third-order valence-electron chi connectivity index (χ3n) is 9.51. The van der Waals surface area contributed by atoms with Crippen LogP contribution in [0, 0.1) is 11.8 Å². The number of halogens is 3. The lowest BCUT2D eigenvalue weighted by Gasteiger charge is -2.49. The molecule has 9 nitrogen and oxygen atoms in total. The number of likely N-dealkylation sites (tertiary alicyclic amines) is 1. The third-order valence-corrected chi connectivity index (χ3v) is 9.51. The SMILES string of the molecule is NC(=O)C[C@H](NC(=O)N1C=Cc2ccccc2C1)C(=O)N[C@@H](Cc1ccccc1)[C@H](O)CN1CC[C@H]2CCCC[C@H]2[C@H]1C(F)(F)F. The molecule has 0 spiro atoms. The number of carbonyl (C=O) groups is 3. The fraction of sp³-hybridized carbons (Fsp3) is 0.500. The molecule has 5 N–H and O–H groups in total. The van der Waals surface area contributed by atoms with Gasteiger partial charge in [-0.15, -0.1) is 0 Å². The van der Waals surface area contributed by atoms with E-state index in [9.17, 15) is 32.7 Å². The van der Waals surface area contributed by atoms with Crippen LogP contribution in [0.3, 0.4) is 0 Å². The minimum Gasteiger partial charge on any atom is -0.390 e. The maximum absolute atomic E-state index is 14.5. The number of carbonyl (C=O) groups excluding carboxylic acids is 3. The molecule has 2 fully saturated rings. The van der Waals surface area contributed by atoms with Crippen LogP contribution in [0.2, 0.25) is 0 Å². The molecule has 6 atom stereocenters. The number of amides is 4. The number of β-amino-alcohol motifs (C(OH)–C–C–N with tert-alkyl or cyclic N) is 1. The van der Waals surface area contributed by atoms with Gasteiger partial charge in [0.25, 0.3) is 0 Å². The van der Waals surface area contributed by atoms with Crippen LogP contribution >= 0.6 is 0 Å². The number of alkyl halides is 3. The number of aliphatic hydroxyl groups is 1. The summed E-state index contributed by atoms with van der Waals surface area (Å²) in [6.07, 6.45) is 0.710. The second-order valence-electron chi connectivity index (χ2n) is 12.7. The first kappa shape index (κ1) is 33.5. The van der Waals surface area contributed by atoms with Crippen molar-refractivity contribution in [3.63, 3.8) is 0 Å². The smallest absolute Gasteiger partial charge is 0.390 e. The summed E-state index contributed by atoms with van der Waals surface area (Å²) >= 11 is 0. The van der Waals surface area contributed by atoms with E-state index in [0.29, 0.717) is 12.8 Å². The van der Waals surface area contributed by atoms with Crippen LogP contribution in [0.5, 0.6) is 0 Å². The molecule has 0 radical (unpaired) electrons. The number of hydrogen-bond donors (Lipinski definition) is 4. The summed E-state index contributed by atoms with van der Waals surface area (Å²) in [5.74, 6) is -2.12. The number of fused-ring (bicyclic) bond motifs is 2. The standard InChI is InChI=1S/C34H42F3N5O4/c35-34(36,37)31-26-13-7-6-11-24(26)15-16-41(31)21-29(43)27(18-22-8-2-1-3-9-22)39-32(45)28(19-30(38)44)40-33(46)42-17-14-23-10-4-5-12-25(23)20-42/h1-5,8-10,12,14,17,24,26-29,31,43H,6-7,11,13,15-16,18-21H2,(H2,38,44)(H,39,45)(H,40,46)/t24-,26-,27+,28+,29-,31+/m1/s1. The lowest BCUT2D eigenvalue weighted by Crippen LogP contribution is -2.61. The molecule has 46 heavy (non-hydrogen) atoms. The molecular formula is C34H42F3N5O4. The number of rotatable bonds is 10. The van der Waals surface area contributed by atoms with Crippen LogP contribution in [0.4, 0.5) is 18.0 Å². The van der Waals surface area contributed by atoms with E-state index in [1.54, 1.807) is 36.5 Å². The van der Waals surface area contributed by atoms with Crippen molar-refractivity contribution >= 4 is 23.9 Å². The van der Waals surface area contributed by atoms with E-state index in [0.717, 1.165) is 36.0 Å². The van der Waals surface area contributed by atoms with Gasteiger partial charge in [-0.3, -0.25) is 19.4 Å². The molecule has 1 saturated heterocycles. The second-order valence-corrected chi connectivity index (χ2v) is 12.7. The highest BCUT2D eigenvalue weighted by Gasteiger charge is 2.53. The average molecular weight is 642 g/mol. The van der Waals surface area contributed by atoms with Crippen molar-refractivity contribution in [2.24, 2.45) is 17.6 Å². The summed E-state index contributed by atoms with van der Waals surface area (Å²) in [5.41, 5.74) is 8.04. The van der Waals surface area contributed by atoms with Crippen LogP contribution < -0.4 is 16.4 Å². The Hall–Kier alpha value is -3.90. The molecule has 4 amide bonds. The molecule has 12 heteroatoms. The van der Waals surface area contributed by atoms with Crippen LogP contribution in [0.1, 0.15) is 55.2 Å². The van der Waals surface area contributed by atoms with Gasteiger partial charge in [0.2, 0.25) is 11.8 Å². The number of nitrogens with two attached hydrogens (primary N) is 1. The quantitative estimate of drug-likeness (QED) is 0.313. The van der Waals surface area contributed by atoms with Gasteiger partial charge in [-0.25, -0.2) is 4.79 Å². The van der Waals surface area contributed by atoms with Gasteiger partial charge in [0, 0.05) is 12.7 Å². The van der Waals surface area contributed by atoms with Gasteiger partial charge in [-0.1, -0.05) is 73.9 Å². The average Bonchev–Trinajstić information content (AvgIpc) is 3.03. The van der Waals surface area contributed by atoms with E-state index in [-0.39, 0.29) is 32.0 Å². The number of primary amides is 1. The highest BCUT2D eigenvalue weighted by atomic mass is 19.4. The van der Waals surface area contributed by atoms with Gasteiger partial charge in [0.15, 0.2) is 0 Å². The molecule has 2 aromatic rings. The number of piperidine rings is 1. The molecule has 2 heterocycles. The summed E-state index contributed by atoms with van der Waals surface area (Å²) in [7, 11) is 0.